The van der Waals surface area contributed by atoms with Crippen LogP contribution in [-0.2, 0) is 0 Å². The zero-order chi connectivity index (χ0) is 14.4. The predicted molar refractivity (Wildman–Crippen MR) is 97.0 cm³/mol. The first-order valence-electron chi connectivity index (χ1n) is 7.20. The topological polar surface area (TPSA) is 12.0 Å². The minimum atomic E-state index is 0.356. The third kappa shape index (κ3) is 2.38. The molecule has 3 heteroatoms. The van der Waals surface area contributed by atoms with E-state index in [9.17, 15) is 0 Å². The van der Waals surface area contributed by atoms with Crippen molar-refractivity contribution < 1.29 is 0 Å². The second kappa shape index (κ2) is 5.33. The Bertz CT molecular complexity index is 708. The number of rotatable bonds is 1. The molecule has 3 atom stereocenters. The van der Waals surface area contributed by atoms with Crippen LogP contribution in [0.5, 0.6) is 0 Å². The van der Waals surface area contributed by atoms with Crippen molar-refractivity contribution in [2.75, 3.05) is 5.32 Å². The molecule has 1 aliphatic carbocycles. The van der Waals surface area contributed by atoms with Crippen molar-refractivity contribution in [2.45, 2.75) is 18.4 Å². The Morgan fingerprint density at radius 1 is 1.10 bits per heavy atom. The zero-order valence-electron chi connectivity index (χ0n) is 11.4. The minimum Gasteiger partial charge on any atom is -0.378 e. The molecular formula is C18H15ClIN. The lowest BCUT2D eigenvalue weighted by molar-refractivity contribution is 0.425. The van der Waals surface area contributed by atoms with Crippen molar-refractivity contribution in [1.29, 1.82) is 0 Å². The Labute approximate surface area is 143 Å². The van der Waals surface area contributed by atoms with Gasteiger partial charge >= 0.3 is 0 Å². The van der Waals surface area contributed by atoms with Crippen LogP contribution in [0.2, 0.25) is 5.02 Å². The second-order valence-electron chi connectivity index (χ2n) is 5.76. The van der Waals surface area contributed by atoms with E-state index in [0.717, 1.165) is 11.4 Å². The lowest BCUT2D eigenvalue weighted by Gasteiger charge is -2.37. The highest BCUT2D eigenvalue weighted by atomic mass is 127. The molecule has 0 unspecified atom stereocenters. The molecule has 1 heterocycles. The maximum Gasteiger partial charge on any atom is 0.0553 e. The highest BCUT2D eigenvalue weighted by molar-refractivity contribution is 14.1. The molecule has 1 aliphatic heterocycles. The van der Waals surface area contributed by atoms with Gasteiger partial charge < -0.3 is 5.32 Å². The summed E-state index contributed by atoms with van der Waals surface area (Å²) in [5, 5.41) is 4.54. The molecule has 0 spiro atoms. The van der Waals surface area contributed by atoms with Gasteiger partial charge in [-0.2, -0.15) is 0 Å². The van der Waals surface area contributed by atoms with E-state index >= 15 is 0 Å². The molecule has 0 amide bonds. The van der Waals surface area contributed by atoms with Crippen LogP contribution in [0.25, 0.3) is 0 Å². The van der Waals surface area contributed by atoms with Gasteiger partial charge in [-0.15, -0.1) is 0 Å². The van der Waals surface area contributed by atoms with Crippen molar-refractivity contribution in [3.05, 3.63) is 74.3 Å². The number of benzene rings is 2. The smallest absolute Gasteiger partial charge is 0.0553 e. The number of allylic oxidation sites excluding steroid dienone is 2. The standard InChI is InChI=1S/C18H15ClIN/c19-12-6-4-11(5-7-12)18-15-3-1-2-14(15)16-10-13(20)8-9-17(16)21-18/h1-2,4-10,14-15,18,21H,3H2/t14-,15+,18+/m1/s1. The molecule has 4 rings (SSSR count). The fourth-order valence-electron chi connectivity index (χ4n) is 3.57. The summed E-state index contributed by atoms with van der Waals surface area (Å²) in [6.07, 6.45) is 5.84. The van der Waals surface area contributed by atoms with Gasteiger partial charge in [-0.3, -0.25) is 0 Å². The first-order valence-corrected chi connectivity index (χ1v) is 8.66. The molecule has 1 nitrogen and oxygen atoms in total. The Balaban J connectivity index is 1.78. The molecule has 0 aromatic heterocycles. The molecule has 1 N–H and O–H groups in total. The number of fused-ring (bicyclic) bond motifs is 3. The van der Waals surface area contributed by atoms with Gasteiger partial charge in [0, 0.05) is 20.2 Å². The SMILES string of the molecule is Clc1ccc([C@@H]2Nc3ccc(I)cc3[C@@H]3C=CC[C@@H]32)cc1. The summed E-state index contributed by atoms with van der Waals surface area (Å²) in [6, 6.07) is 15.3. The normalized spacial score (nSPS) is 26.1. The van der Waals surface area contributed by atoms with Gasteiger partial charge in [-0.05, 0) is 76.4 Å². The van der Waals surface area contributed by atoms with E-state index in [1.807, 2.05) is 12.1 Å². The van der Waals surface area contributed by atoms with E-state index in [0.29, 0.717) is 17.9 Å². The van der Waals surface area contributed by atoms with E-state index < -0.39 is 0 Å². The molecule has 0 bridgehead atoms. The summed E-state index contributed by atoms with van der Waals surface area (Å²) in [5.41, 5.74) is 4.02. The van der Waals surface area contributed by atoms with Gasteiger partial charge in [0.15, 0.2) is 0 Å². The van der Waals surface area contributed by atoms with E-state index in [-0.39, 0.29) is 0 Å². The molecule has 0 saturated heterocycles. The van der Waals surface area contributed by atoms with E-state index in [4.69, 9.17) is 11.6 Å². The minimum absolute atomic E-state index is 0.356. The van der Waals surface area contributed by atoms with Gasteiger partial charge in [0.2, 0.25) is 0 Å². The van der Waals surface area contributed by atoms with Gasteiger partial charge in [0.1, 0.15) is 0 Å². The van der Waals surface area contributed by atoms with Crippen molar-refractivity contribution in [2.24, 2.45) is 5.92 Å². The van der Waals surface area contributed by atoms with Crippen LogP contribution >= 0.6 is 34.2 Å². The zero-order valence-corrected chi connectivity index (χ0v) is 14.3. The molecule has 21 heavy (non-hydrogen) atoms. The highest BCUT2D eigenvalue weighted by Crippen LogP contribution is 2.49. The van der Waals surface area contributed by atoms with Crippen LogP contribution in [0.4, 0.5) is 5.69 Å². The molecule has 2 aromatic rings. The maximum absolute atomic E-state index is 6.03. The van der Waals surface area contributed by atoms with Crippen molar-refractivity contribution in [3.63, 3.8) is 0 Å². The third-order valence-electron chi connectivity index (χ3n) is 4.55. The Kier molecular flexibility index (Phi) is 3.46. The monoisotopic (exact) mass is 407 g/mol. The van der Waals surface area contributed by atoms with Gasteiger partial charge in [-0.25, -0.2) is 0 Å². The first kappa shape index (κ1) is 13.6. The number of halogens is 2. The summed E-state index contributed by atoms with van der Waals surface area (Å²) in [4.78, 5) is 0. The van der Waals surface area contributed by atoms with Crippen LogP contribution in [0, 0.1) is 9.49 Å². The van der Waals surface area contributed by atoms with E-state index in [2.05, 4.69) is 70.4 Å². The lowest BCUT2D eigenvalue weighted by atomic mass is 9.77. The van der Waals surface area contributed by atoms with Crippen molar-refractivity contribution in [3.8, 4) is 0 Å². The summed E-state index contributed by atoms with van der Waals surface area (Å²) in [5.74, 6) is 1.12. The maximum atomic E-state index is 6.03. The molecule has 106 valence electrons. The molecule has 2 aliphatic rings. The lowest BCUT2D eigenvalue weighted by Crippen LogP contribution is -2.29. The number of hydrogen-bond acceptors (Lipinski definition) is 1. The molecule has 2 aromatic carbocycles. The van der Waals surface area contributed by atoms with Crippen LogP contribution in [-0.4, -0.2) is 0 Å². The van der Waals surface area contributed by atoms with Gasteiger partial charge in [0.05, 0.1) is 6.04 Å². The number of hydrogen-bond donors (Lipinski definition) is 1. The molecule has 0 radical (unpaired) electrons. The fraction of sp³-hybridized carbons (Fsp3) is 0.222. The van der Waals surface area contributed by atoms with Crippen molar-refractivity contribution in [1.82, 2.24) is 0 Å². The Morgan fingerprint density at radius 3 is 2.71 bits per heavy atom. The largest absolute Gasteiger partial charge is 0.378 e. The Hall–Kier alpha value is -1.00. The summed E-state index contributed by atoms with van der Waals surface area (Å²) < 4.78 is 1.30. The molecule has 0 fully saturated rings. The van der Waals surface area contributed by atoms with Crippen molar-refractivity contribution >= 4 is 39.9 Å². The van der Waals surface area contributed by atoms with Crippen LogP contribution in [0.1, 0.15) is 29.5 Å². The van der Waals surface area contributed by atoms with E-state index in [1.165, 1.54) is 20.4 Å². The first-order chi connectivity index (χ1) is 10.2. The quantitative estimate of drug-likeness (QED) is 0.467. The predicted octanol–water partition coefficient (Wildman–Crippen LogP) is 5.77. The average Bonchev–Trinajstić information content (AvgIpc) is 2.97. The van der Waals surface area contributed by atoms with Gasteiger partial charge in [-0.1, -0.05) is 35.9 Å². The van der Waals surface area contributed by atoms with Crippen LogP contribution in [0.15, 0.2) is 54.6 Å². The second-order valence-corrected chi connectivity index (χ2v) is 7.44. The van der Waals surface area contributed by atoms with E-state index in [1.54, 1.807) is 0 Å². The van der Waals surface area contributed by atoms with Crippen LogP contribution < -0.4 is 5.32 Å². The fourth-order valence-corrected chi connectivity index (χ4v) is 4.21. The number of anilines is 1. The van der Waals surface area contributed by atoms with Crippen LogP contribution in [0.3, 0.4) is 0 Å². The van der Waals surface area contributed by atoms with Gasteiger partial charge in [0.25, 0.3) is 0 Å². The Morgan fingerprint density at radius 2 is 1.90 bits per heavy atom. The summed E-state index contributed by atoms with van der Waals surface area (Å²) >= 11 is 8.42. The highest BCUT2D eigenvalue weighted by Gasteiger charge is 2.37. The molecule has 0 saturated carbocycles. The number of nitrogens with one attached hydrogen (secondary N) is 1. The molecular weight excluding hydrogens is 393 g/mol. The summed E-state index contributed by atoms with van der Waals surface area (Å²) in [6.45, 7) is 0. The average molecular weight is 408 g/mol. The third-order valence-corrected chi connectivity index (χ3v) is 5.48. The summed E-state index contributed by atoms with van der Waals surface area (Å²) in [7, 11) is 0.